The number of aromatic nitrogens is 2. The van der Waals surface area contributed by atoms with E-state index in [-0.39, 0.29) is 0 Å². The van der Waals surface area contributed by atoms with Crippen molar-refractivity contribution in [1.82, 2.24) is 14.5 Å². The average molecular weight is 401 g/mol. The van der Waals surface area contributed by atoms with Crippen LogP contribution in [-0.4, -0.2) is 34.1 Å². The van der Waals surface area contributed by atoms with Crippen molar-refractivity contribution in [3.05, 3.63) is 26.5 Å². The molecule has 1 saturated heterocycles. The summed E-state index contributed by atoms with van der Waals surface area (Å²) in [5.74, 6) is 0.623. The van der Waals surface area contributed by atoms with Crippen LogP contribution in [0.1, 0.15) is 19.8 Å². The first-order chi connectivity index (χ1) is 9.63. The molecule has 20 heavy (non-hydrogen) atoms. The number of aromatic amines is 1. The third kappa shape index (κ3) is 3.09. The van der Waals surface area contributed by atoms with Gasteiger partial charge in [-0.3, -0.25) is 0 Å². The number of nitrogens with one attached hydrogen (secondary N) is 1. The van der Waals surface area contributed by atoms with E-state index in [1.165, 1.54) is 41.6 Å². The topological polar surface area (TPSA) is 24.0 Å². The highest BCUT2D eigenvalue weighted by Gasteiger charge is 2.16. The molecule has 0 radical (unpaired) electrons. The van der Waals surface area contributed by atoms with E-state index in [4.69, 9.17) is 12.2 Å². The third-order valence-electron chi connectivity index (χ3n) is 4.00. The maximum absolute atomic E-state index is 5.49. The lowest BCUT2D eigenvalue weighted by atomic mass is 10.1. The van der Waals surface area contributed by atoms with E-state index in [2.05, 4.69) is 62.2 Å². The Hall–Kier alpha value is -0.400. The lowest BCUT2D eigenvalue weighted by molar-refractivity contribution is 0.272. The van der Waals surface area contributed by atoms with Crippen molar-refractivity contribution in [3.8, 4) is 0 Å². The first-order valence-corrected chi connectivity index (χ1v) is 8.72. The van der Waals surface area contributed by atoms with Gasteiger partial charge in [-0.1, -0.05) is 6.92 Å². The monoisotopic (exact) mass is 401 g/mol. The molecule has 3 nitrogen and oxygen atoms in total. The van der Waals surface area contributed by atoms with E-state index < -0.39 is 0 Å². The first kappa shape index (κ1) is 14.5. The van der Waals surface area contributed by atoms with Crippen LogP contribution in [-0.2, 0) is 6.54 Å². The number of fused-ring (bicyclic) bond motifs is 1. The first-order valence-electron chi connectivity index (χ1n) is 7.24. The molecule has 1 fully saturated rings. The molecule has 1 aliphatic heterocycles. The maximum atomic E-state index is 5.49. The minimum atomic E-state index is 0.623. The van der Waals surface area contributed by atoms with Gasteiger partial charge in [0.25, 0.3) is 0 Å². The van der Waals surface area contributed by atoms with Crippen molar-refractivity contribution in [2.75, 3.05) is 19.6 Å². The molecule has 0 saturated carbocycles. The third-order valence-corrected chi connectivity index (χ3v) is 4.99. The fourth-order valence-corrected chi connectivity index (χ4v) is 3.87. The van der Waals surface area contributed by atoms with Crippen molar-refractivity contribution in [3.63, 3.8) is 0 Å². The molecule has 1 N–H and O–H groups in total. The zero-order valence-electron chi connectivity index (χ0n) is 11.7. The van der Waals surface area contributed by atoms with Gasteiger partial charge in [0, 0.05) is 16.7 Å². The van der Waals surface area contributed by atoms with Gasteiger partial charge < -0.3 is 14.5 Å². The van der Waals surface area contributed by atoms with Crippen LogP contribution in [0.4, 0.5) is 0 Å². The summed E-state index contributed by atoms with van der Waals surface area (Å²) in [6.07, 6.45) is 2.72. The predicted octanol–water partition coefficient (Wildman–Crippen LogP) is 4.04. The van der Waals surface area contributed by atoms with Crippen molar-refractivity contribution in [2.45, 2.75) is 26.3 Å². The van der Waals surface area contributed by atoms with E-state index in [0.717, 1.165) is 16.8 Å². The molecule has 1 aromatic carbocycles. The number of nitrogens with zero attached hydrogens (tertiary/aromatic N) is 2. The second-order valence-corrected chi connectivity index (χ2v) is 7.45. The van der Waals surface area contributed by atoms with Crippen molar-refractivity contribution in [2.24, 2.45) is 5.92 Å². The number of rotatable bonds is 4. The Bertz CT molecular complexity index is 655. The molecule has 5 heteroatoms. The second-order valence-electron chi connectivity index (χ2n) is 5.82. The van der Waals surface area contributed by atoms with Gasteiger partial charge in [0.15, 0.2) is 4.77 Å². The molecule has 1 atom stereocenters. The highest BCUT2D eigenvalue weighted by Crippen LogP contribution is 2.19. The second kappa shape index (κ2) is 6.15. The van der Waals surface area contributed by atoms with Gasteiger partial charge in [-0.25, -0.2) is 0 Å². The molecule has 0 bridgehead atoms. The Kier molecular flexibility index (Phi) is 4.47. The fraction of sp³-hybridized carbons (Fsp3) is 0.533. The molecular weight excluding hydrogens is 381 g/mol. The molecule has 1 unspecified atom stereocenters. The number of imidazole rings is 1. The minimum Gasteiger partial charge on any atom is -0.331 e. The summed E-state index contributed by atoms with van der Waals surface area (Å²) in [5, 5.41) is 0. The standard InChI is InChI=1S/C15H20IN3S/c1-11(9-18-6-2-3-7-18)10-19-14-5-4-12(16)8-13(14)17-15(19)20/h4-5,8,11H,2-3,6-7,9-10H2,1H3,(H,17,20). The Balaban J connectivity index is 1.79. The van der Waals surface area contributed by atoms with Gasteiger partial charge in [0.05, 0.1) is 11.0 Å². The fourth-order valence-electron chi connectivity index (χ4n) is 3.09. The molecule has 1 aromatic heterocycles. The van der Waals surface area contributed by atoms with E-state index >= 15 is 0 Å². The van der Waals surface area contributed by atoms with Crippen LogP contribution in [0.25, 0.3) is 11.0 Å². The van der Waals surface area contributed by atoms with Gasteiger partial charge in [-0.05, 0) is 84.9 Å². The molecule has 108 valence electrons. The van der Waals surface area contributed by atoms with Gasteiger partial charge in [-0.15, -0.1) is 0 Å². The number of halogens is 1. The Morgan fingerprint density at radius 2 is 2.05 bits per heavy atom. The zero-order chi connectivity index (χ0) is 14.1. The average Bonchev–Trinajstić information content (AvgIpc) is 2.98. The largest absolute Gasteiger partial charge is 0.331 e. The normalized spacial score (nSPS) is 17.9. The summed E-state index contributed by atoms with van der Waals surface area (Å²) in [5.41, 5.74) is 2.37. The molecule has 0 amide bonds. The Labute approximate surface area is 138 Å². The predicted molar refractivity (Wildman–Crippen MR) is 94.7 cm³/mol. The molecule has 3 rings (SSSR count). The van der Waals surface area contributed by atoms with E-state index in [0.29, 0.717) is 5.92 Å². The highest BCUT2D eigenvalue weighted by molar-refractivity contribution is 14.1. The van der Waals surface area contributed by atoms with Crippen molar-refractivity contribution >= 4 is 45.8 Å². The minimum absolute atomic E-state index is 0.623. The van der Waals surface area contributed by atoms with Crippen molar-refractivity contribution in [1.29, 1.82) is 0 Å². The van der Waals surface area contributed by atoms with E-state index in [1.54, 1.807) is 0 Å². The molecule has 2 aromatic rings. The lowest BCUT2D eigenvalue weighted by Gasteiger charge is -2.20. The van der Waals surface area contributed by atoms with Gasteiger partial charge >= 0.3 is 0 Å². The summed E-state index contributed by atoms with van der Waals surface area (Å²) in [7, 11) is 0. The Morgan fingerprint density at radius 1 is 1.30 bits per heavy atom. The molecule has 2 heterocycles. The van der Waals surface area contributed by atoms with Crippen LogP contribution in [0.2, 0.25) is 0 Å². The number of benzene rings is 1. The van der Waals surface area contributed by atoms with Crippen LogP contribution >= 0.6 is 34.8 Å². The van der Waals surface area contributed by atoms with E-state index in [1.807, 2.05) is 0 Å². The smallest absolute Gasteiger partial charge is 0.178 e. The van der Waals surface area contributed by atoms with Crippen LogP contribution < -0.4 is 0 Å². The summed E-state index contributed by atoms with van der Waals surface area (Å²) >= 11 is 7.83. The number of hydrogen-bond donors (Lipinski definition) is 1. The summed E-state index contributed by atoms with van der Waals surface area (Å²) in [4.78, 5) is 5.90. The lowest BCUT2D eigenvalue weighted by Crippen LogP contribution is -2.27. The van der Waals surface area contributed by atoms with Crippen LogP contribution in [0.3, 0.4) is 0 Å². The summed E-state index contributed by atoms with van der Waals surface area (Å²) in [6.45, 7) is 7.03. The quantitative estimate of drug-likeness (QED) is 0.618. The van der Waals surface area contributed by atoms with Crippen LogP contribution in [0, 0.1) is 14.3 Å². The molecule has 1 aliphatic rings. The summed E-state index contributed by atoms with van der Waals surface area (Å²) in [6, 6.07) is 6.48. The SMILES string of the molecule is CC(CN1CCCC1)Cn1c(=S)[nH]c2cc(I)ccc21. The number of likely N-dealkylation sites (tertiary alicyclic amines) is 1. The van der Waals surface area contributed by atoms with Crippen LogP contribution in [0.5, 0.6) is 0 Å². The maximum Gasteiger partial charge on any atom is 0.178 e. The number of hydrogen-bond acceptors (Lipinski definition) is 2. The summed E-state index contributed by atoms with van der Waals surface area (Å²) < 4.78 is 4.33. The molecule has 0 aliphatic carbocycles. The molecule has 0 spiro atoms. The zero-order valence-corrected chi connectivity index (χ0v) is 14.7. The van der Waals surface area contributed by atoms with Gasteiger partial charge in [0.1, 0.15) is 0 Å². The van der Waals surface area contributed by atoms with Crippen LogP contribution in [0.15, 0.2) is 18.2 Å². The van der Waals surface area contributed by atoms with Gasteiger partial charge in [-0.2, -0.15) is 0 Å². The van der Waals surface area contributed by atoms with Crippen molar-refractivity contribution < 1.29 is 0 Å². The van der Waals surface area contributed by atoms with E-state index in [9.17, 15) is 0 Å². The Morgan fingerprint density at radius 3 is 2.80 bits per heavy atom. The van der Waals surface area contributed by atoms with Gasteiger partial charge in [0.2, 0.25) is 0 Å². The molecular formula is C15H20IN3S. The number of H-pyrrole nitrogens is 1. The highest BCUT2D eigenvalue weighted by atomic mass is 127.